The van der Waals surface area contributed by atoms with Gasteiger partial charge in [-0.1, -0.05) is 6.07 Å². The highest BCUT2D eigenvalue weighted by Crippen LogP contribution is 2.24. The minimum atomic E-state index is -3.44. The van der Waals surface area contributed by atoms with E-state index in [1.807, 2.05) is 31.7 Å². The Morgan fingerprint density at radius 2 is 2.10 bits per heavy atom. The van der Waals surface area contributed by atoms with E-state index in [4.69, 9.17) is 5.73 Å². The first kappa shape index (κ1) is 15.8. The minimum absolute atomic E-state index is 0.355. The molecule has 1 aliphatic heterocycles. The number of nitrogens with two attached hydrogens (primary N) is 1. The molecule has 0 bridgehead atoms. The summed E-state index contributed by atoms with van der Waals surface area (Å²) >= 11 is 1.89. The molecular weight excluding hydrogens is 292 g/mol. The normalized spacial score (nSPS) is 19.4. The van der Waals surface area contributed by atoms with Crippen molar-refractivity contribution >= 4 is 21.8 Å². The quantitative estimate of drug-likeness (QED) is 0.869. The smallest absolute Gasteiger partial charge is 0.240 e. The second-order valence-corrected chi connectivity index (χ2v) is 8.22. The molecule has 1 aliphatic rings. The lowest BCUT2D eigenvalue weighted by molar-refractivity contribution is 0.545. The van der Waals surface area contributed by atoms with Crippen LogP contribution in [-0.4, -0.2) is 26.5 Å². The van der Waals surface area contributed by atoms with Crippen LogP contribution in [0.4, 0.5) is 0 Å². The van der Waals surface area contributed by atoms with E-state index in [2.05, 4.69) is 4.72 Å². The maximum absolute atomic E-state index is 12.4. The van der Waals surface area contributed by atoms with Gasteiger partial charge in [-0.2, -0.15) is 11.8 Å². The summed E-state index contributed by atoms with van der Waals surface area (Å²) in [6.07, 6.45) is 1.09. The Bertz CT molecular complexity index is 579. The Hall–Kier alpha value is -0.560. The van der Waals surface area contributed by atoms with Gasteiger partial charge in [0, 0.05) is 13.1 Å². The van der Waals surface area contributed by atoms with Gasteiger partial charge in [0.25, 0.3) is 0 Å². The van der Waals surface area contributed by atoms with E-state index >= 15 is 0 Å². The van der Waals surface area contributed by atoms with E-state index < -0.39 is 10.0 Å². The summed E-state index contributed by atoms with van der Waals surface area (Å²) in [5, 5.41) is 0. The Kier molecular flexibility index (Phi) is 5.12. The van der Waals surface area contributed by atoms with Crippen LogP contribution >= 0.6 is 11.8 Å². The lowest BCUT2D eigenvalue weighted by atomic mass is 10.1. The molecule has 4 nitrogen and oxygen atoms in total. The summed E-state index contributed by atoms with van der Waals surface area (Å²) in [5.74, 6) is 2.63. The first-order valence-electron chi connectivity index (χ1n) is 6.81. The second kappa shape index (κ2) is 6.47. The molecule has 1 saturated heterocycles. The highest BCUT2D eigenvalue weighted by molar-refractivity contribution is 7.99. The number of benzene rings is 1. The molecule has 0 amide bonds. The lowest BCUT2D eigenvalue weighted by Crippen LogP contribution is -2.30. The first-order chi connectivity index (χ1) is 9.44. The number of rotatable bonds is 5. The van der Waals surface area contributed by atoms with Crippen LogP contribution in [0.2, 0.25) is 0 Å². The van der Waals surface area contributed by atoms with Crippen molar-refractivity contribution in [1.82, 2.24) is 4.72 Å². The van der Waals surface area contributed by atoms with Crippen molar-refractivity contribution < 1.29 is 8.42 Å². The van der Waals surface area contributed by atoms with Crippen molar-refractivity contribution in [2.75, 3.05) is 18.1 Å². The largest absolute Gasteiger partial charge is 0.326 e. The molecule has 1 fully saturated rings. The van der Waals surface area contributed by atoms with Crippen molar-refractivity contribution in [3.05, 3.63) is 28.8 Å². The zero-order valence-electron chi connectivity index (χ0n) is 12.0. The average Bonchev–Trinajstić information content (AvgIpc) is 2.89. The van der Waals surface area contributed by atoms with Crippen LogP contribution < -0.4 is 10.5 Å². The summed E-state index contributed by atoms with van der Waals surface area (Å²) in [6, 6.07) is 3.60. The predicted octanol–water partition coefficient (Wildman–Crippen LogP) is 1.79. The Labute approximate surface area is 125 Å². The van der Waals surface area contributed by atoms with Crippen LogP contribution in [0.5, 0.6) is 0 Å². The molecule has 1 atom stereocenters. The number of hydrogen-bond acceptors (Lipinski definition) is 4. The zero-order valence-corrected chi connectivity index (χ0v) is 13.6. The fourth-order valence-electron chi connectivity index (χ4n) is 2.43. The van der Waals surface area contributed by atoms with E-state index in [9.17, 15) is 8.42 Å². The molecule has 2 rings (SSSR count). The number of nitrogens with one attached hydrogen (secondary N) is 1. The fourth-order valence-corrected chi connectivity index (χ4v) is 5.11. The van der Waals surface area contributed by atoms with Gasteiger partial charge in [0.1, 0.15) is 0 Å². The van der Waals surface area contributed by atoms with Gasteiger partial charge in [-0.3, -0.25) is 0 Å². The van der Waals surface area contributed by atoms with Gasteiger partial charge in [-0.05, 0) is 60.4 Å². The molecule has 0 aliphatic carbocycles. The number of hydrogen-bond donors (Lipinski definition) is 2. The lowest BCUT2D eigenvalue weighted by Gasteiger charge is -2.14. The summed E-state index contributed by atoms with van der Waals surface area (Å²) < 4.78 is 27.6. The highest BCUT2D eigenvalue weighted by atomic mass is 32.2. The van der Waals surface area contributed by atoms with Gasteiger partial charge in [0.15, 0.2) is 0 Å². The van der Waals surface area contributed by atoms with E-state index in [1.165, 1.54) is 0 Å². The van der Waals surface area contributed by atoms with Crippen molar-refractivity contribution in [1.29, 1.82) is 0 Å². The molecule has 1 aromatic rings. The molecule has 0 spiro atoms. The van der Waals surface area contributed by atoms with Crippen LogP contribution in [0.1, 0.15) is 23.1 Å². The van der Waals surface area contributed by atoms with Crippen LogP contribution in [0.3, 0.4) is 0 Å². The van der Waals surface area contributed by atoms with Crippen molar-refractivity contribution in [2.24, 2.45) is 11.7 Å². The maximum atomic E-state index is 12.4. The standard InChI is InChI=1S/C14H22N2O2S2/c1-10-5-11(2)14(6-13(10)7-15)20(17,18)16-8-12-3-4-19-9-12/h5-6,12,16H,3-4,7-9,15H2,1-2H3. The Morgan fingerprint density at radius 3 is 2.70 bits per heavy atom. The van der Waals surface area contributed by atoms with Gasteiger partial charge < -0.3 is 5.73 Å². The molecule has 6 heteroatoms. The maximum Gasteiger partial charge on any atom is 0.240 e. The molecule has 0 radical (unpaired) electrons. The molecule has 1 unspecified atom stereocenters. The Morgan fingerprint density at radius 1 is 1.35 bits per heavy atom. The van der Waals surface area contributed by atoms with E-state index in [0.29, 0.717) is 23.9 Å². The van der Waals surface area contributed by atoms with Crippen molar-refractivity contribution in [2.45, 2.75) is 31.7 Å². The minimum Gasteiger partial charge on any atom is -0.326 e. The fraction of sp³-hybridized carbons (Fsp3) is 0.571. The third kappa shape index (κ3) is 3.55. The van der Waals surface area contributed by atoms with Crippen LogP contribution in [0.15, 0.2) is 17.0 Å². The average molecular weight is 314 g/mol. The number of sulfonamides is 1. The number of thioether (sulfide) groups is 1. The third-order valence-corrected chi connectivity index (χ3v) is 6.53. The molecule has 112 valence electrons. The van der Waals surface area contributed by atoms with Crippen LogP contribution in [0.25, 0.3) is 0 Å². The van der Waals surface area contributed by atoms with Crippen molar-refractivity contribution in [3.8, 4) is 0 Å². The zero-order chi connectivity index (χ0) is 14.8. The van der Waals surface area contributed by atoms with E-state index in [-0.39, 0.29) is 0 Å². The van der Waals surface area contributed by atoms with Gasteiger partial charge in [0.2, 0.25) is 10.0 Å². The highest BCUT2D eigenvalue weighted by Gasteiger charge is 2.22. The predicted molar refractivity (Wildman–Crippen MR) is 84.4 cm³/mol. The molecule has 1 aromatic carbocycles. The molecule has 0 aromatic heterocycles. The summed E-state index contributed by atoms with van der Waals surface area (Å²) in [7, 11) is -3.44. The van der Waals surface area contributed by atoms with E-state index in [1.54, 1.807) is 6.07 Å². The molecule has 3 N–H and O–H groups in total. The van der Waals surface area contributed by atoms with Crippen LogP contribution in [-0.2, 0) is 16.6 Å². The van der Waals surface area contributed by atoms with Crippen molar-refractivity contribution in [3.63, 3.8) is 0 Å². The second-order valence-electron chi connectivity index (χ2n) is 5.33. The van der Waals surface area contributed by atoms with Gasteiger partial charge in [0.05, 0.1) is 4.90 Å². The summed E-state index contributed by atoms with van der Waals surface area (Å²) in [5.41, 5.74) is 8.36. The van der Waals surface area contributed by atoms with Gasteiger partial charge >= 0.3 is 0 Å². The summed E-state index contributed by atoms with van der Waals surface area (Å²) in [4.78, 5) is 0.356. The first-order valence-corrected chi connectivity index (χ1v) is 9.45. The van der Waals surface area contributed by atoms with Gasteiger partial charge in [-0.25, -0.2) is 13.1 Å². The topological polar surface area (TPSA) is 72.2 Å². The molecular formula is C14H22N2O2S2. The molecule has 20 heavy (non-hydrogen) atoms. The summed E-state index contributed by atoms with van der Waals surface area (Å²) in [6.45, 7) is 4.66. The van der Waals surface area contributed by atoms with Gasteiger partial charge in [-0.15, -0.1) is 0 Å². The number of aryl methyl sites for hydroxylation is 2. The molecule has 1 heterocycles. The Balaban J connectivity index is 2.19. The third-order valence-electron chi connectivity index (χ3n) is 3.73. The van der Waals surface area contributed by atoms with Crippen LogP contribution in [0, 0.1) is 19.8 Å². The SMILES string of the molecule is Cc1cc(C)c(S(=O)(=O)NCC2CCSC2)cc1CN. The molecule has 0 saturated carbocycles. The monoisotopic (exact) mass is 314 g/mol. The van der Waals surface area contributed by atoms with E-state index in [0.717, 1.165) is 34.6 Å².